The first-order chi connectivity index (χ1) is 12.1. The van der Waals surface area contributed by atoms with Crippen LogP contribution < -0.4 is 0 Å². The summed E-state index contributed by atoms with van der Waals surface area (Å²) in [5.41, 5.74) is 0.0297. The number of hydrogen-bond acceptors (Lipinski definition) is 5. The molecule has 2 aromatic carbocycles. The maximum absolute atomic E-state index is 12.9. The Morgan fingerprint density at radius 1 is 0.923 bits per heavy atom. The average molecular weight is 386 g/mol. The zero-order chi connectivity index (χ0) is 19.5. The molecule has 0 aliphatic carbocycles. The fraction of sp³-hybridized carbons (Fsp3) is 0.176. The molecule has 0 N–H and O–H groups in total. The summed E-state index contributed by atoms with van der Waals surface area (Å²) >= 11 is 0. The average Bonchev–Trinajstić information content (AvgIpc) is 2.61. The molecular weight excluding hydrogens is 373 g/mol. The van der Waals surface area contributed by atoms with Crippen LogP contribution in [-0.4, -0.2) is 32.0 Å². The van der Waals surface area contributed by atoms with Crippen LogP contribution in [0, 0.1) is 5.82 Å². The summed E-state index contributed by atoms with van der Waals surface area (Å²) < 4.78 is 65.4. The van der Waals surface area contributed by atoms with Crippen LogP contribution in [-0.2, 0) is 14.6 Å². The van der Waals surface area contributed by atoms with Crippen molar-refractivity contribution in [2.75, 3.05) is 0 Å². The van der Waals surface area contributed by atoms with E-state index < -0.39 is 44.2 Å². The van der Waals surface area contributed by atoms with E-state index in [1.54, 1.807) is 0 Å². The van der Waals surface area contributed by atoms with E-state index in [2.05, 4.69) is 0 Å². The van der Waals surface area contributed by atoms with Gasteiger partial charge in [0.1, 0.15) is 5.82 Å². The first-order valence-corrected chi connectivity index (χ1v) is 8.80. The molecule has 9 heteroatoms. The first-order valence-electron chi connectivity index (χ1n) is 7.26. The smallest absolute Gasteiger partial charge is 0.341 e. The van der Waals surface area contributed by atoms with Crippen LogP contribution in [0.2, 0.25) is 0 Å². The molecule has 0 aromatic heterocycles. The summed E-state index contributed by atoms with van der Waals surface area (Å²) in [5.74, 6) is -5.59. The Balaban J connectivity index is 2.09. The van der Waals surface area contributed by atoms with Gasteiger partial charge < -0.3 is 4.74 Å². The summed E-state index contributed by atoms with van der Waals surface area (Å²) in [6.07, 6.45) is -1.18. The van der Waals surface area contributed by atoms with Crippen molar-refractivity contribution in [3.05, 3.63) is 65.5 Å². The normalized spacial score (nSPS) is 12.7. The van der Waals surface area contributed by atoms with E-state index in [-0.39, 0.29) is 11.1 Å². The molecular formula is C17H13F3O5S. The van der Waals surface area contributed by atoms with Crippen molar-refractivity contribution in [3.63, 3.8) is 0 Å². The number of alkyl halides is 2. The Morgan fingerprint density at radius 2 is 1.42 bits per heavy atom. The van der Waals surface area contributed by atoms with E-state index in [0.29, 0.717) is 0 Å². The number of ketones is 1. The molecule has 0 saturated carbocycles. The molecule has 0 unspecified atom stereocenters. The molecule has 1 atom stereocenters. The van der Waals surface area contributed by atoms with Gasteiger partial charge in [-0.3, -0.25) is 4.79 Å². The molecule has 0 saturated heterocycles. The van der Waals surface area contributed by atoms with Crippen molar-refractivity contribution in [1.82, 2.24) is 0 Å². The quantitative estimate of drug-likeness (QED) is 0.563. The fourth-order valence-corrected chi connectivity index (χ4v) is 2.74. The molecule has 138 valence electrons. The van der Waals surface area contributed by atoms with Gasteiger partial charge in [-0.2, -0.15) is 8.78 Å². The molecule has 26 heavy (non-hydrogen) atoms. The topological polar surface area (TPSA) is 77.5 Å². The number of sulfone groups is 1. The Kier molecular flexibility index (Phi) is 5.81. The van der Waals surface area contributed by atoms with Crippen LogP contribution in [0.4, 0.5) is 13.2 Å². The predicted molar refractivity (Wildman–Crippen MR) is 85.2 cm³/mol. The van der Waals surface area contributed by atoms with Crippen LogP contribution in [0.25, 0.3) is 0 Å². The molecule has 0 bridgehead atoms. The zero-order valence-corrected chi connectivity index (χ0v) is 14.2. The van der Waals surface area contributed by atoms with Crippen molar-refractivity contribution >= 4 is 21.6 Å². The largest absolute Gasteiger partial charge is 0.451 e. The van der Waals surface area contributed by atoms with Crippen molar-refractivity contribution in [1.29, 1.82) is 0 Å². The summed E-state index contributed by atoms with van der Waals surface area (Å²) in [7, 11) is -4.77. The van der Waals surface area contributed by atoms with E-state index in [4.69, 9.17) is 4.74 Å². The van der Waals surface area contributed by atoms with Crippen LogP contribution in [0.3, 0.4) is 0 Å². The second-order valence-corrected chi connectivity index (χ2v) is 7.17. The van der Waals surface area contributed by atoms with Crippen LogP contribution >= 0.6 is 0 Å². The molecule has 0 heterocycles. The third kappa shape index (κ3) is 4.29. The lowest BCUT2D eigenvalue weighted by atomic mass is 10.1. The Hall–Kier alpha value is -2.68. The zero-order valence-electron chi connectivity index (χ0n) is 13.4. The highest BCUT2D eigenvalue weighted by molar-refractivity contribution is 7.91. The van der Waals surface area contributed by atoms with Gasteiger partial charge in [0.2, 0.25) is 15.6 Å². The second-order valence-electron chi connectivity index (χ2n) is 5.25. The molecule has 2 rings (SSSR count). The highest BCUT2D eigenvalue weighted by Crippen LogP contribution is 2.19. The van der Waals surface area contributed by atoms with Gasteiger partial charge in [-0.25, -0.2) is 17.6 Å². The van der Waals surface area contributed by atoms with E-state index >= 15 is 0 Å². The van der Waals surface area contributed by atoms with Gasteiger partial charge in [0.15, 0.2) is 6.10 Å². The van der Waals surface area contributed by atoms with E-state index in [9.17, 15) is 31.2 Å². The van der Waals surface area contributed by atoms with Crippen molar-refractivity contribution in [3.8, 4) is 0 Å². The summed E-state index contributed by atoms with van der Waals surface area (Å²) in [6, 6.07) is 8.38. The fourth-order valence-electron chi connectivity index (χ4n) is 2.01. The number of esters is 1. The van der Waals surface area contributed by atoms with Crippen LogP contribution in [0.1, 0.15) is 27.6 Å². The van der Waals surface area contributed by atoms with Crippen molar-refractivity contribution in [2.45, 2.75) is 23.7 Å². The van der Waals surface area contributed by atoms with Gasteiger partial charge in [0.05, 0.1) is 10.5 Å². The van der Waals surface area contributed by atoms with Gasteiger partial charge >= 0.3 is 11.7 Å². The van der Waals surface area contributed by atoms with E-state index in [0.717, 1.165) is 36.4 Å². The minimum absolute atomic E-state index is 0.114. The van der Waals surface area contributed by atoms with Gasteiger partial charge in [-0.05, 0) is 55.5 Å². The minimum atomic E-state index is -4.77. The summed E-state index contributed by atoms with van der Waals surface area (Å²) in [5, 5.41) is 0. The third-order valence-electron chi connectivity index (χ3n) is 3.43. The van der Waals surface area contributed by atoms with Crippen molar-refractivity contribution < 1.29 is 35.9 Å². The molecule has 0 aliphatic rings. The summed E-state index contributed by atoms with van der Waals surface area (Å²) in [4.78, 5) is 23.5. The van der Waals surface area contributed by atoms with E-state index in [1.165, 1.54) is 19.1 Å². The number of rotatable bonds is 6. The lowest BCUT2D eigenvalue weighted by molar-refractivity contribution is 0.0318. The number of hydrogen-bond donors (Lipinski definition) is 0. The maximum Gasteiger partial charge on any atom is 0.341 e. The third-order valence-corrected chi connectivity index (χ3v) is 4.83. The second kappa shape index (κ2) is 7.69. The highest BCUT2D eigenvalue weighted by Gasteiger charge is 2.27. The lowest BCUT2D eigenvalue weighted by Gasteiger charge is -2.12. The minimum Gasteiger partial charge on any atom is -0.451 e. The molecule has 5 nitrogen and oxygen atoms in total. The predicted octanol–water partition coefficient (Wildman–Crippen LogP) is 3.25. The summed E-state index contributed by atoms with van der Waals surface area (Å²) in [6.45, 7) is 1.32. The van der Waals surface area contributed by atoms with Gasteiger partial charge in [0, 0.05) is 5.56 Å². The van der Waals surface area contributed by atoms with Gasteiger partial charge in [-0.15, -0.1) is 0 Å². The number of benzene rings is 2. The molecule has 0 aliphatic heterocycles. The number of carbonyl (C=O) groups excluding carboxylic acids is 2. The molecule has 0 fully saturated rings. The standard InChI is InChI=1S/C17H13F3O5S/c1-10(15(21)11-2-6-13(18)7-3-11)25-16(22)12-4-8-14(9-5-12)26(23,24)17(19)20/h2-10,17H,1H3/t10-/m0/s1. The van der Waals surface area contributed by atoms with Crippen molar-refractivity contribution in [2.24, 2.45) is 0 Å². The number of halogens is 3. The number of carbonyl (C=O) groups is 2. The number of Topliss-reactive ketones (excluding diaryl/α,β-unsaturated/α-hetero) is 1. The maximum atomic E-state index is 12.9. The molecule has 0 radical (unpaired) electrons. The van der Waals surface area contributed by atoms with Gasteiger partial charge in [-0.1, -0.05) is 0 Å². The van der Waals surface area contributed by atoms with Gasteiger partial charge in [0.25, 0.3) is 0 Å². The van der Waals surface area contributed by atoms with E-state index in [1.807, 2.05) is 0 Å². The Morgan fingerprint density at radius 3 is 1.92 bits per heavy atom. The molecule has 0 spiro atoms. The monoisotopic (exact) mass is 386 g/mol. The highest BCUT2D eigenvalue weighted by atomic mass is 32.2. The first kappa shape index (κ1) is 19.6. The Bertz CT molecular complexity index is 906. The van der Waals surface area contributed by atoms with Crippen LogP contribution in [0.15, 0.2) is 53.4 Å². The Labute approximate surface area is 147 Å². The SMILES string of the molecule is C[C@H](OC(=O)c1ccc(S(=O)(=O)C(F)F)cc1)C(=O)c1ccc(F)cc1. The lowest BCUT2D eigenvalue weighted by Crippen LogP contribution is -2.24. The van der Waals surface area contributed by atoms with Crippen LogP contribution in [0.5, 0.6) is 0 Å². The molecule has 2 aromatic rings. The number of ether oxygens (including phenoxy) is 1. The molecule has 0 amide bonds.